The van der Waals surface area contributed by atoms with E-state index in [1.54, 1.807) is 34.6 Å². The Labute approximate surface area is 116 Å². The van der Waals surface area contributed by atoms with Crippen LogP contribution < -0.4 is 5.32 Å². The van der Waals surface area contributed by atoms with Crippen molar-refractivity contribution in [2.24, 2.45) is 11.3 Å². The van der Waals surface area contributed by atoms with E-state index in [1.807, 2.05) is 13.8 Å². The number of alkyl carbamates (subject to hydrolysis) is 1. The zero-order chi connectivity index (χ0) is 15.3. The summed E-state index contributed by atoms with van der Waals surface area (Å²) < 4.78 is 10.1. The van der Waals surface area contributed by atoms with Crippen LogP contribution in [-0.2, 0) is 14.3 Å². The molecule has 5 nitrogen and oxygen atoms in total. The molecule has 1 N–H and O–H groups in total. The molecule has 0 bridgehead atoms. The van der Waals surface area contributed by atoms with Gasteiger partial charge in [-0.3, -0.25) is 4.79 Å². The molecule has 0 heterocycles. The van der Waals surface area contributed by atoms with Gasteiger partial charge in [0.2, 0.25) is 0 Å². The maximum Gasteiger partial charge on any atom is 0.407 e. The van der Waals surface area contributed by atoms with E-state index in [0.717, 1.165) is 0 Å². The van der Waals surface area contributed by atoms with Crippen molar-refractivity contribution in [1.29, 1.82) is 0 Å². The molecule has 0 radical (unpaired) electrons. The quantitative estimate of drug-likeness (QED) is 0.782. The summed E-state index contributed by atoms with van der Waals surface area (Å²) in [5, 5.41) is 2.69. The topological polar surface area (TPSA) is 64.6 Å². The van der Waals surface area contributed by atoms with Crippen LogP contribution in [0.1, 0.15) is 48.5 Å². The fourth-order valence-corrected chi connectivity index (χ4v) is 1.35. The summed E-state index contributed by atoms with van der Waals surface area (Å²) >= 11 is 0. The van der Waals surface area contributed by atoms with Gasteiger partial charge in [0, 0.05) is 6.54 Å². The van der Waals surface area contributed by atoms with E-state index in [0.29, 0.717) is 13.2 Å². The van der Waals surface area contributed by atoms with Crippen molar-refractivity contribution in [1.82, 2.24) is 5.32 Å². The number of nitrogens with one attached hydrogen (secondary N) is 1. The second kappa shape index (κ2) is 6.78. The third kappa shape index (κ3) is 7.03. The summed E-state index contributed by atoms with van der Waals surface area (Å²) in [6.45, 7) is 13.5. The highest BCUT2D eigenvalue weighted by molar-refractivity contribution is 5.73. The maximum absolute atomic E-state index is 11.7. The molecule has 0 rings (SSSR count). The average molecular weight is 273 g/mol. The van der Waals surface area contributed by atoms with Gasteiger partial charge in [-0.1, -0.05) is 20.8 Å². The number of esters is 1. The molecule has 0 fully saturated rings. The molecular formula is C14H27NO4. The van der Waals surface area contributed by atoms with Gasteiger partial charge in [0.25, 0.3) is 0 Å². The molecule has 0 aromatic heterocycles. The monoisotopic (exact) mass is 273 g/mol. The van der Waals surface area contributed by atoms with Gasteiger partial charge >= 0.3 is 12.1 Å². The minimum absolute atomic E-state index is 0.251. The van der Waals surface area contributed by atoms with Crippen LogP contribution in [0.2, 0.25) is 0 Å². The summed E-state index contributed by atoms with van der Waals surface area (Å²) in [6, 6.07) is 0. The number of carbonyl (C=O) groups is 2. The Morgan fingerprint density at radius 2 is 1.68 bits per heavy atom. The molecule has 0 aliphatic heterocycles. The SMILES string of the molecule is CCOC(=O)C(C)C(C)(C)CNC(=O)OC(C)(C)C. The van der Waals surface area contributed by atoms with Crippen LogP contribution in [-0.4, -0.2) is 30.8 Å². The van der Waals surface area contributed by atoms with Crippen LogP contribution in [0.15, 0.2) is 0 Å². The largest absolute Gasteiger partial charge is 0.466 e. The Bertz CT molecular complexity index is 318. The lowest BCUT2D eigenvalue weighted by molar-refractivity contribution is -0.151. The number of hydrogen-bond donors (Lipinski definition) is 1. The molecule has 0 aromatic carbocycles. The fraction of sp³-hybridized carbons (Fsp3) is 0.857. The lowest BCUT2D eigenvalue weighted by atomic mass is 9.80. The van der Waals surface area contributed by atoms with Crippen molar-refractivity contribution < 1.29 is 19.1 Å². The molecule has 0 aliphatic carbocycles. The van der Waals surface area contributed by atoms with Gasteiger partial charge in [-0.25, -0.2) is 4.79 Å². The molecule has 5 heteroatoms. The van der Waals surface area contributed by atoms with Gasteiger partial charge in [-0.05, 0) is 33.1 Å². The third-order valence-corrected chi connectivity index (χ3v) is 2.90. The Balaban J connectivity index is 4.37. The van der Waals surface area contributed by atoms with E-state index in [-0.39, 0.29) is 11.9 Å². The minimum atomic E-state index is -0.527. The molecule has 0 saturated carbocycles. The smallest absolute Gasteiger partial charge is 0.407 e. The molecule has 0 spiro atoms. The van der Waals surface area contributed by atoms with Crippen LogP contribution in [0.5, 0.6) is 0 Å². The van der Waals surface area contributed by atoms with Crippen molar-refractivity contribution in [3.8, 4) is 0 Å². The predicted molar refractivity (Wildman–Crippen MR) is 73.8 cm³/mol. The molecule has 0 aromatic rings. The van der Waals surface area contributed by atoms with Crippen molar-refractivity contribution in [2.75, 3.05) is 13.2 Å². The summed E-state index contributed by atoms with van der Waals surface area (Å²) in [6.07, 6.45) is -0.475. The maximum atomic E-state index is 11.7. The minimum Gasteiger partial charge on any atom is -0.466 e. The van der Waals surface area contributed by atoms with Crippen molar-refractivity contribution in [3.63, 3.8) is 0 Å². The Morgan fingerprint density at radius 3 is 2.11 bits per heavy atom. The number of rotatable bonds is 5. The first-order chi connectivity index (χ1) is 8.49. The van der Waals surface area contributed by atoms with Crippen LogP contribution in [0, 0.1) is 11.3 Å². The Kier molecular flexibility index (Phi) is 6.33. The predicted octanol–water partition coefficient (Wildman–Crippen LogP) is 2.74. The van der Waals surface area contributed by atoms with Crippen LogP contribution in [0.4, 0.5) is 4.79 Å². The first-order valence-electron chi connectivity index (χ1n) is 6.63. The number of ether oxygens (including phenoxy) is 2. The van der Waals surface area contributed by atoms with Crippen molar-refractivity contribution in [3.05, 3.63) is 0 Å². The first-order valence-corrected chi connectivity index (χ1v) is 6.63. The summed E-state index contributed by atoms with van der Waals surface area (Å²) in [4.78, 5) is 23.3. The van der Waals surface area contributed by atoms with Gasteiger partial charge in [-0.2, -0.15) is 0 Å². The molecule has 1 amide bonds. The summed E-state index contributed by atoms with van der Waals surface area (Å²) in [5.74, 6) is -0.555. The molecule has 19 heavy (non-hydrogen) atoms. The number of hydrogen-bond acceptors (Lipinski definition) is 4. The molecular weight excluding hydrogens is 246 g/mol. The second-order valence-electron chi connectivity index (χ2n) is 6.32. The molecule has 0 aliphatic rings. The van der Waals surface area contributed by atoms with Gasteiger partial charge in [0.1, 0.15) is 5.60 Å². The van der Waals surface area contributed by atoms with Crippen molar-refractivity contribution >= 4 is 12.1 Å². The van der Waals surface area contributed by atoms with E-state index in [1.165, 1.54) is 0 Å². The summed E-state index contributed by atoms with van der Waals surface area (Å²) in [5.41, 5.74) is -0.926. The number of amides is 1. The highest BCUT2D eigenvalue weighted by atomic mass is 16.6. The first kappa shape index (κ1) is 17.7. The van der Waals surface area contributed by atoms with Crippen LogP contribution >= 0.6 is 0 Å². The lowest BCUT2D eigenvalue weighted by Crippen LogP contribution is -2.42. The molecule has 112 valence electrons. The molecule has 0 saturated heterocycles. The summed E-state index contributed by atoms with van der Waals surface area (Å²) in [7, 11) is 0. The average Bonchev–Trinajstić information content (AvgIpc) is 2.23. The lowest BCUT2D eigenvalue weighted by Gasteiger charge is -2.30. The Morgan fingerprint density at radius 1 is 1.16 bits per heavy atom. The fourth-order valence-electron chi connectivity index (χ4n) is 1.35. The van der Waals surface area contributed by atoms with Crippen molar-refractivity contribution in [2.45, 2.75) is 54.1 Å². The molecule has 1 atom stereocenters. The Hall–Kier alpha value is -1.26. The van der Waals surface area contributed by atoms with Crippen LogP contribution in [0.25, 0.3) is 0 Å². The van der Waals surface area contributed by atoms with Gasteiger partial charge in [-0.15, -0.1) is 0 Å². The van der Waals surface area contributed by atoms with Gasteiger partial charge in [0.15, 0.2) is 0 Å². The van der Waals surface area contributed by atoms with Gasteiger partial charge in [0.05, 0.1) is 12.5 Å². The zero-order valence-electron chi connectivity index (χ0n) is 13.1. The number of carbonyl (C=O) groups excluding carboxylic acids is 2. The third-order valence-electron chi connectivity index (χ3n) is 2.90. The second-order valence-corrected chi connectivity index (χ2v) is 6.32. The standard InChI is InChI=1S/C14H27NO4/c1-8-18-11(16)10(2)14(6,7)9-15-12(17)19-13(3,4)5/h10H,8-9H2,1-7H3,(H,15,17). The van der Waals surface area contributed by atoms with E-state index in [2.05, 4.69) is 5.32 Å². The van der Waals surface area contributed by atoms with E-state index < -0.39 is 17.1 Å². The van der Waals surface area contributed by atoms with E-state index in [4.69, 9.17) is 9.47 Å². The highest BCUT2D eigenvalue weighted by Gasteiger charge is 2.33. The van der Waals surface area contributed by atoms with Gasteiger partial charge < -0.3 is 14.8 Å². The zero-order valence-corrected chi connectivity index (χ0v) is 13.1. The van der Waals surface area contributed by atoms with E-state index in [9.17, 15) is 9.59 Å². The van der Waals surface area contributed by atoms with Crippen LogP contribution in [0.3, 0.4) is 0 Å². The highest BCUT2D eigenvalue weighted by Crippen LogP contribution is 2.26. The molecule has 1 unspecified atom stereocenters. The normalized spacial score (nSPS) is 13.6. The van der Waals surface area contributed by atoms with E-state index >= 15 is 0 Å².